The minimum Gasteiger partial charge on any atom is -1.00 e. The van der Waals surface area contributed by atoms with Gasteiger partial charge in [0.2, 0.25) is 0 Å². The summed E-state index contributed by atoms with van der Waals surface area (Å²) in [5.74, 6) is 0.252. The molecule has 0 aliphatic rings. The van der Waals surface area contributed by atoms with E-state index in [1.807, 2.05) is 0 Å². The first kappa shape index (κ1) is 10.3. The predicted molar refractivity (Wildman–Crippen MR) is 39.0 cm³/mol. The van der Waals surface area contributed by atoms with Crippen molar-refractivity contribution >= 4 is 11.6 Å². The molecule has 1 aromatic carbocycles. The maximum Gasteiger partial charge on any atom is 1.00 e. The summed E-state index contributed by atoms with van der Waals surface area (Å²) >= 11 is 5.65. The molecule has 0 aliphatic heterocycles. The molecule has 0 atom stereocenters. The number of aromatic hydroxyl groups is 1. The summed E-state index contributed by atoms with van der Waals surface area (Å²) in [6, 6.07) is 5.07. The molecule has 0 radical (unpaired) electrons. The summed E-state index contributed by atoms with van der Waals surface area (Å²) < 4.78 is 0. The predicted octanol–water partition coefficient (Wildman–Crippen LogP) is -0.529. The van der Waals surface area contributed by atoms with Crippen molar-refractivity contribution in [1.82, 2.24) is 0 Å². The molecule has 0 bridgehead atoms. The maximum absolute atomic E-state index is 9.02. The molecule has 10 heavy (non-hydrogen) atoms. The van der Waals surface area contributed by atoms with Crippen LogP contribution in [-0.4, -0.2) is 5.11 Å². The number of phenols is 1. The van der Waals surface area contributed by atoms with E-state index < -0.39 is 0 Å². The van der Waals surface area contributed by atoms with Gasteiger partial charge in [0.05, 0.1) is 0 Å². The molecule has 0 fully saturated rings. The summed E-state index contributed by atoms with van der Waals surface area (Å²) in [5, 5.41) is 9.62. The van der Waals surface area contributed by atoms with Gasteiger partial charge < -0.3 is 6.53 Å². The Hall–Kier alpha value is 0.310. The number of phenolic OH excluding ortho intramolecular Hbond substituents is 1. The SMILES string of the molecule is Cc1c(O)cccc1Cl.[H-].[Na+]. The zero-order valence-corrected chi connectivity index (χ0v) is 8.81. The monoisotopic (exact) mass is 166 g/mol. The molecular formula is C7H8ClNaO. The number of benzene rings is 1. The minimum absolute atomic E-state index is 0. The van der Waals surface area contributed by atoms with Crippen LogP contribution in [0.4, 0.5) is 0 Å². The smallest absolute Gasteiger partial charge is 1.00 e. The second-order valence-electron chi connectivity index (χ2n) is 1.88. The Balaban J connectivity index is 0. The first-order valence-corrected chi connectivity index (χ1v) is 3.03. The first-order chi connectivity index (χ1) is 4.22. The quantitative estimate of drug-likeness (QED) is 0.514. The van der Waals surface area contributed by atoms with Crippen molar-refractivity contribution in [3.63, 3.8) is 0 Å². The average molecular weight is 167 g/mol. The molecule has 0 aromatic heterocycles. The zero-order valence-electron chi connectivity index (χ0n) is 7.06. The van der Waals surface area contributed by atoms with Crippen molar-refractivity contribution in [3.8, 4) is 5.75 Å². The van der Waals surface area contributed by atoms with Gasteiger partial charge in [-0.2, -0.15) is 0 Å². The van der Waals surface area contributed by atoms with Gasteiger partial charge in [-0.3, -0.25) is 0 Å². The van der Waals surface area contributed by atoms with Crippen LogP contribution in [0.1, 0.15) is 6.99 Å². The van der Waals surface area contributed by atoms with E-state index in [0.717, 1.165) is 5.56 Å². The van der Waals surface area contributed by atoms with Crippen molar-refractivity contribution in [2.75, 3.05) is 0 Å². The van der Waals surface area contributed by atoms with Crippen LogP contribution in [0, 0.1) is 6.92 Å². The van der Waals surface area contributed by atoms with E-state index in [1.165, 1.54) is 0 Å². The van der Waals surface area contributed by atoms with Crippen LogP contribution in [-0.2, 0) is 0 Å². The molecule has 0 spiro atoms. The summed E-state index contributed by atoms with van der Waals surface area (Å²) in [4.78, 5) is 0. The molecule has 1 rings (SSSR count). The summed E-state index contributed by atoms with van der Waals surface area (Å²) in [7, 11) is 0. The average Bonchev–Trinajstić information content (AvgIpc) is 1.83. The molecular weight excluding hydrogens is 159 g/mol. The van der Waals surface area contributed by atoms with Crippen LogP contribution in [0.3, 0.4) is 0 Å². The van der Waals surface area contributed by atoms with Crippen molar-refractivity contribution < 1.29 is 36.1 Å². The van der Waals surface area contributed by atoms with Crippen molar-refractivity contribution in [2.24, 2.45) is 0 Å². The molecule has 0 unspecified atom stereocenters. The molecule has 0 saturated heterocycles. The standard InChI is InChI=1S/C7H7ClO.Na.H/c1-5-6(8)3-2-4-7(5)9;;/h2-4,9H,1H3;;/q;+1;-1. The largest absolute Gasteiger partial charge is 1.00 e. The third kappa shape index (κ3) is 2.17. The van der Waals surface area contributed by atoms with Crippen LogP contribution >= 0.6 is 11.6 Å². The van der Waals surface area contributed by atoms with Crippen LogP contribution in [0.5, 0.6) is 5.75 Å². The molecule has 1 nitrogen and oxygen atoms in total. The fourth-order valence-electron chi connectivity index (χ4n) is 0.596. The second kappa shape index (κ2) is 4.24. The third-order valence-electron chi connectivity index (χ3n) is 1.24. The molecule has 3 heteroatoms. The van der Waals surface area contributed by atoms with Gasteiger partial charge in [-0.05, 0) is 19.1 Å². The molecule has 0 amide bonds. The van der Waals surface area contributed by atoms with Crippen LogP contribution in [0.2, 0.25) is 5.02 Å². The van der Waals surface area contributed by atoms with Gasteiger partial charge in [-0.25, -0.2) is 0 Å². The van der Waals surface area contributed by atoms with Gasteiger partial charge in [-0.15, -0.1) is 0 Å². The molecule has 0 aliphatic carbocycles. The Morgan fingerprint density at radius 1 is 1.50 bits per heavy atom. The number of halogens is 1. The maximum atomic E-state index is 9.02. The Labute approximate surface area is 88.8 Å². The van der Waals surface area contributed by atoms with Crippen molar-refractivity contribution in [2.45, 2.75) is 6.92 Å². The van der Waals surface area contributed by atoms with Crippen LogP contribution < -0.4 is 29.6 Å². The van der Waals surface area contributed by atoms with Crippen molar-refractivity contribution in [3.05, 3.63) is 28.8 Å². The summed E-state index contributed by atoms with van der Waals surface area (Å²) in [6.45, 7) is 1.78. The number of hydrogen-bond donors (Lipinski definition) is 1. The van der Waals surface area contributed by atoms with E-state index in [1.54, 1.807) is 25.1 Å². The normalized spacial score (nSPS) is 8.60. The third-order valence-corrected chi connectivity index (χ3v) is 1.65. The zero-order chi connectivity index (χ0) is 6.85. The fourth-order valence-corrected chi connectivity index (χ4v) is 0.766. The van der Waals surface area contributed by atoms with Crippen LogP contribution in [0.15, 0.2) is 18.2 Å². The first-order valence-electron chi connectivity index (χ1n) is 2.66. The summed E-state index contributed by atoms with van der Waals surface area (Å²) in [6.07, 6.45) is 0. The van der Waals surface area contributed by atoms with E-state index in [4.69, 9.17) is 16.7 Å². The van der Waals surface area contributed by atoms with E-state index in [0.29, 0.717) is 5.02 Å². The van der Waals surface area contributed by atoms with Gasteiger partial charge in [0.1, 0.15) is 5.75 Å². The van der Waals surface area contributed by atoms with Gasteiger partial charge in [0.15, 0.2) is 0 Å². The van der Waals surface area contributed by atoms with E-state index in [-0.39, 0.29) is 36.7 Å². The number of hydrogen-bond acceptors (Lipinski definition) is 1. The molecule has 1 N–H and O–H groups in total. The molecule has 0 saturated carbocycles. The van der Waals surface area contributed by atoms with Gasteiger partial charge in [0.25, 0.3) is 0 Å². The minimum atomic E-state index is 0. The van der Waals surface area contributed by atoms with Gasteiger partial charge in [0, 0.05) is 10.6 Å². The fraction of sp³-hybridized carbons (Fsp3) is 0.143. The van der Waals surface area contributed by atoms with E-state index >= 15 is 0 Å². The van der Waals surface area contributed by atoms with E-state index in [2.05, 4.69) is 0 Å². The molecule has 50 valence electrons. The molecule has 0 heterocycles. The summed E-state index contributed by atoms with van der Waals surface area (Å²) in [5.41, 5.74) is 0.735. The van der Waals surface area contributed by atoms with E-state index in [9.17, 15) is 0 Å². The van der Waals surface area contributed by atoms with Crippen LogP contribution in [0.25, 0.3) is 0 Å². The topological polar surface area (TPSA) is 20.2 Å². The van der Waals surface area contributed by atoms with Gasteiger partial charge in [-0.1, -0.05) is 17.7 Å². The Bertz CT molecular complexity index is 209. The van der Waals surface area contributed by atoms with Gasteiger partial charge >= 0.3 is 29.6 Å². The number of rotatable bonds is 0. The second-order valence-corrected chi connectivity index (χ2v) is 2.29. The Morgan fingerprint density at radius 2 is 2.10 bits per heavy atom. The Kier molecular flexibility index (Phi) is 4.37. The Morgan fingerprint density at radius 3 is 2.50 bits per heavy atom. The van der Waals surface area contributed by atoms with Crippen molar-refractivity contribution in [1.29, 1.82) is 0 Å². The molecule has 1 aromatic rings.